The van der Waals surface area contributed by atoms with Gasteiger partial charge < -0.3 is 5.11 Å². The average molecular weight is 319 g/mol. The van der Waals surface area contributed by atoms with E-state index in [0.29, 0.717) is 6.54 Å². The molecule has 1 atom stereocenters. The van der Waals surface area contributed by atoms with Gasteiger partial charge in [-0.2, -0.15) is 0 Å². The van der Waals surface area contributed by atoms with E-state index in [9.17, 15) is 5.11 Å². The highest BCUT2D eigenvalue weighted by atomic mass is 16.3. The highest BCUT2D eigenvalue weighted by Gasteiger charge is 2.27. The van der Waals surface area contributed by atoms with Crippen LogP contribution in [0.15, 0.2) is 48.5 Å². The Morgan fingerprint density at radius 3 is 2.75 bits per heavy atom. The molecule has 0 radical (unpaired) electrons. The van der Waals surface area contributed by atoms with Crippen molar-refractivity contribution in [3.63, 3.8) is 0 Å². The predicted molar refractivity (Wildman–Crippen MR) is 94.7 cm³/mol. The lowest BCUT2D eigenvalue weighted by atomic mass is 9.93. The van der Waals surface area contributed by atoms with Crippen molar-refractivity contribution in [2.75, 3.05) is 13.2 Å². The Labute approximate surface area is 141 Å². The van der Waals surface area contributed by atoms with Gasteiger partial charge in [0.05, 0.1) is 24.7 Å². The Morgan fingerprint density at radius 1 is 1.08 bits per heavy atom. The Kier molecular flexibility index (Phi) is 4.00. The van der Waals surface area contributed by atoms with Crippen LogP contribution in [0.5, 0.6) is 0 Å². The molecule has 1 aliphatic rings. The molecule has 2 aromatic carbocycles. The lowest BCUT2D eigenvalue weighted by Crippen LogP contribution is -2.37. The Balaban J connectivity index is 1.66. The van der Waals surface area contributed by atoms with Crippen LogP contribution in [-0.4, -0.2) is 33.1 Å². The third kappa shape index (κ3) is 2.68. The van der Waals surface area contributed by atoms with Crippen LogP contribution in [0, 0.1) is 6.92 Å². The summed E-state index contributed by atoms with van der Waals surface area (Å²) >= 11 is 0. The maximum absolute atomic E-state index is 9.93. The fourth-order valence-corrected chi connectivity index (χ4v) is 3.65. The molecule has 2 heterocycles. The third-order valence-electron chi connectivity index (χ3n) is 4.88. The van der Waals surface area contributed by atoms with Gasteiger partial charge in [-0.3, -0.25) is 4.90 Å². The average Bonchev–Trinajstić information content (AvgIpc) is 2.61. The number of aromatic nitrogens is 2. The summed E-state index contributed by atoms with van der Waals surface area (Å²) in [6.45, 7) is 3.72. The number of nitrogens with zero attached hydrogens (tertiary/aromatic N) is 3. The highest BCUT2D eigenvalue weighted by molar-refractivity contribution is 5.80. The number of rotatable bonds is 3. The van der Waals surface area contributed by atoms with Crippen LogP contribution in [0.25, 0.3) is 10.9 Å². The summed E-state index contributed by atoms with van der Waals surface area (Å²) in [4.78, 5) is 11.7. The Hall–Kier alpha value is -2.30. The first-order valence-corrected chi connectivity index (χ1v) is 8.41. The molecule has 4 nitrogen and oxygen atoms in total. The minimum Gasteiger partial charge on any atom is -0.394 e. The molecule has 0 saturated heterocycles. The second kappa shape index (κ2) is 6.30. The molecule has 1 unspecified atom stereocenters. The SMILES string of the molecule is Cc1nc(CN2CCc3ccccc3C2CO)nc2ccccc12. The molecule has 1 N–H and O–H groups in total. The Bertz CT molecular complexity index is 878. The number of aliphatic hydroxyl groups is 1. The van der Waals surface area contributed by atoms with Crippen molar-refractivity contribution in [3.05, 3.63) is 71.2 Å². The van der Waals surface area contributed by atoms with E-state index in [4.69, 9.17) is 4.98 Å². The maximum atomic E-state index is 9.93. The van der Waals surface area contributed by atoms with Gasteiger partial charge in [-0.15, -0.1) is 0 Å². The predicted octanol–water partition coefficient (Wildman–Crippen LogP) is 3.03. The van der Waals surface area contributed by atoms with Gasteiger partial charge >= 0.3 is 0 Å². The number of aliphatic hydroxyl groups excluding tert-OH is 1. The normalized spacial score (nSPS) is 17.8. The summed E-state index contributed by atoms with van der Waals surface area (Å²) in [5.74, 6) is 0.823. The van der Waals surface area contributed by atoms with E-state index >= 15 is 0 Å². The zero-order valence-electron chi connectivity index (χ0n) is 13.8. The van der Waals surface area contributed by atoms with E-state index in [1.807, 2.05) is 31.2 Å². The van der Waals surface area contributed by atoms with Crippen molar-refractivity contribution in [3.8, 4) is 0 Å². The quantitative estimate of drug-likeness (QED) is 0.806. The molecule has 4 rings (SSSR count). The molecule has 3 aromatic rings. The van der Waals surface area contributed by atoms with E-state index in [-0.39, 0.29) is 12.6 Å². The zero-order valence-corrected chi connectivity index (χ0v) is 13.8. The third-order valence-corrected chi connectivity index (χ3v) is 4.88. The van der Waals surface area contributed by atoms with Crippen molar-refractivity contribution in [1.82, 2.24) is 14.9 Å². The highest BCUT2D eigenvalue weighted by Crippen LogP contribution is 2.30. The smallest absolute Gasteiger partial charge is 0.143 e. The van der Waals surface area contributed by atoms with Gasteiger partial charge in [0.2, 0.25) is 0 Å². The van der Waals surface area contributed by atoms with Crippen LogP contribution in [-0.2, 0) is 13.0 Å². The van der Waals surface area contributed by atoms with Crippen molar-refractivity contribution in [1.29, 1.82) is 0 Å². The van der Waals surface area contributed by atoms with E-state index in [1.165, 1.54) is 11.1 Å². The topological polar surface area (TPSA) is 49.2 Å². The van der Waals surface area contributed by atoms with Crippen LogP contribution < -0.4 is 0 Å². The van der Waals surface area contributed by atoms with E-state index in [0.717, 1.165) is 35.4 Å². The molecule has 0 bridgehead atoms. The molecule has 0 spiro atoms. The number of hydrogen-bond donors (Lipinski definition) is 1. The van der Waals surface area contributed by atoms with Crippen molar-refractivity contribution < 1.29 is 5.11 Å². The van der Waals surface area contributed by atoms with Gasteiger partial charge in [-0.1, -0.05) is 42.5 Å². The first kappa shape index (κ1) is 15.2. The first-order chi connectivity index (χ1) is 11.8. The fourth-order valence-electron chi connectivity index (χ4n) is 3.65. The van der Waals surface area contributed by atoms with Crippen LogP contribution in [0.1, 0.15) is 28.7 Å². The van der Waals surface area contributed by atoms with Crippen LogP contribution in [0.3, 0.4) is 0 Å². The largest absolute Gasteiger partial charge is 0.394 e. The Morgan fingerprint density at radius 2 is 1.88 bits per heavy atom. The number of hydrogen-bond acceptors (Lipinski definition) is 4. The van der Waals surface area contributed by atoms with Crippen molar-refractivity contribution in [2.24, 2.45) is 0 Å². The molecule has 1 aromatic heterocycles. The summed E-state index contributed by atoms with van der Waals surface area (Å²) in [6, 6.07) is 16.5. The van der Waals surface area contributed by atoms with E-state index in [1.54, 1.807) is 0 Å². The van der Waals surface area contributed by atoms with Crippen LogP contribution in [0.4, 0.5) is 0 Å². The molecule has 122 valence electrons. The molecular weight excluding hydrogens is 298 g/mol. The molecular formula is C20H21N3O. The second-order valence-electron chi connectivity index (χ2n) is 6.36. The second-order valence-corrected chi connectivity index (χ2v) is 6.36. The van der Waals surface area contributed by atoms with Crippen LogP contribution in [0.2, 0.25) is 0 Å². The van der Waals surface area contributed by atoms with Crippen molar-refractivity contribution >= 4 is 10.9 Å². The van der Waals surface area contributed by atoms with Gasteiger partial charge in [0.25, 0.3) is 0 Å². The molecule has 0 aliphatic carbocycles. The van der Waals surface area contributed by atoms with Gasteiger partial charge in [0.1, 0.15) is 5.82 Å². The van der Waals surface area contributed by atoms with Crippen LogP contribution >= 0.6 is 0 Å². The van der Waals surface area contributed by atoms with Gasteiger partial charge in [0.15, 0.2) is 0 Å². The standard InChI is InChI=1S/C20H21N3O/c1-14-16-7-4-5-9-18(16)22-20(21-14)12-23-11-10-15-6-2-3-8-17(15)19(23)13-24/h2-9,19,24H,10-13H2,1H3. The first-order valence-electron chi connectivity index (χ1n) is 8.41. The lowest BCUT2D eigenvalue weighted by molar-refractivity contribution is 0.106. The van der Waals surface area contributed by atoms with Gasteiger partial charge in [0, 0.05) is 17.6 Å². The summed E-state index contributed by atoms with van der Waals surface area (Å²) in [6.07, 6.45) is 0.999. The molecule has 1 aliphatic heterocycles. The summed E-state index contributed by atoms with van der Waals surface area (Å²) < 4.78 is 0. The maximum Gasteiger partial charge on any atom is 0.143 e. The number of fused-ring (bicyclic) bond motifs is 2. The molecule has 24 heavy (non-hydrogen) atoms. The monoisotopic (exact) mass is 319 g/mol. The summed E-state index contributed by atoms with van der Waals surface area (Å²) in [5.41, 5.74) is 4.55. The van der Waals surface area contributed by atoms with Crippen molar-refractivity contribution in [2.45, 2.75) is 25.9 Å². The number of aryl methyl sites for hydroxylation is 1. The summed E-state index contributed by atoms with van der Waals surface area (Å²) in [7, 11) is 0. The number of benzene rings is 2. The van der Waals surface area contributed by atoms with Gasteiger partial charge in [-0.05, 0) is 30.5 Å². The van der Waals surface area contributed by atoms with E-state index < -0.39 is 0 Å². The molecule has 0 fully saturated rings. The lowest BCUT2D eigenvalue weighted by Gasteiger charge is -2.35. The molecule has 0 saturated carbocycles. The minimum atomic E-state index is 0.0188. The van der Waals surface area contributed by atoms with Gasteiger partial charge in [-0.25, -0.2) is 9.97 Å². The molecule has 0 amide bonds. The number of para-hydroxylation sites is 1. The summed E-state index contributed by atoms with van der Waals surface area (Å²) in [5, 5.41) is 11.0. The molecule has 4 heteroatoms. The minimum absolute atomic E-state index is 0.0188. The van der Waals surface area contributed by atoms with E-state index in [2.05, 4.69) is 34.1 Å². The fraction of sp³-hybridized carbons (Fsp3) is 0.300. The zero-order chi connectivity index (χ0) is 16.5.